The van der Waals surface area contributed by atoms with Crippen LogP contribution in [0, 0.1) is 0 Å². The minimum Gasteiger partial charge on any atom is -0.479 e. The van der Waals surface area contributed by atoms with E-state index in [1.165, 1.54) is 7.11 Å². The van der Waals surface area contributed by atoms with E-state index in [1.807, 2.05) is 43.3 Å². The Kier molecular flexibility index (Phi) is 8.28. The third-order valence-corrected chi connectivity index (χ3v) is 6.37. The average Bonchev–Trinajstić information content (AvgIpc) is 3.15. The normalized spacial score (nSPS) is 14.9. The Morgan fingerprint density at radius 3 is 2.12 bits per heavy atom. The Labute approximate surface area is 199 Å². The van der Waals surface area contributed by atoms with Crippen molar-refractivity contribution in [1.29, 1.82) is 0 Å². The Bertz CT molecular complexity index is 994. The number of alkyl carbamates (subject to hydrolysis) is 1. The number of hydrogen-bond acceptors (Lipinski definition) is 5. The molecule has 0 radical (unpaired) electrons. The molecule has 0 aromatic heterocycles. The fourth-order valence-corrected chi connectivity index (χ4v) is 4.39. The molecule has 2 aromatic carbocycles. The highest BCUT2D eigenvalue weighted by atomic mass is 16.5. The minimum absolute atomic E-state index is 0.0590. The van der Waals surface area contributed by atoms with E-state index in [9.17, 15) is 19.5 Å². The Morgan fingerprint density at radius 1 is 1.03 bits per heavy atom. The highest BCUT2D eigenvalue weighted by Gasteiger charge is 2.39. The predicted molar refractivity (Wildman–Crippen MR) is 128 cm³/mol. The zero-order valence-corrected chi connectivity index (χ0v) is 19.8. The van der Waals surface area contributed by atoms with Gasteiger partial charge in [0.2, 0.25) is 5.91 Å². The Hall–Kier alpha value is -3.39. The van der Waals surface area contributed by atoms with Crippen LogP contribution in [0.4, 0.5) is 4.79 Å². The SMILES string of the molecule is CC[C@H](CC(=O)NC(CC)(COC)C(=O)O)NC(=O)OCC1c2ccccc2-c2ccccc21. The Morgan fingerprint density at radius 2 is 1.62 bits per heavy atom. The molecule has 2 atom stereocenters. The van der Waals surface area contributed by atoms with E-state index >= 15 is 0 Å². The van der Waals surface area contributed by atoms with Gasteiger partial charge in [0.1, 0.15) is 6.61 Å². The van der Waals surface area contributed by atoms with Crippen LogP contribution in [0.25, 0.3) is 11.1 Å². The summed E-state index contributed by atoms with van der Waals surface area (Å²) in [6.45, 7) is 3.52. The molecule has 2 amide bonds. The van der Waals surface area contributed by atoms with Gasteiger partial charge in [0.05, 0.1) is 6.61 Å². The molecule has 1 aliphatic carbocycles. The molecule has 0 heterocycles. The van der Waals surface area contributed by atoms with Crippen molar-refractivity contribution in [3.8, 4) is 11.1 Å². The van der Waals surface area contributed by atoms with E-state index in [0.29, 0.717) is 6.42 Å². The molecule has 0 bridgehead atoms. The molecule has 0 spiro atoms. The number of carboxylic acids is 1. The van der Waals surface area contributed by atoms with Gasteiger partial charge in [0, 0.05) is 25.5 Å². The van der Waals surface area contributed by atoms with Gasteiger partial charge in [-0.2, -0.15) is 0 Å². The predicted octanol–water partition coefficient (Wildman–Crippen LogP) is 3.69. The molecule has 0 saturated heterocycles. The zero-order chi connectivity index (χ0) is 24.7. The summed E-state index contributed by atoms with van der Waals surface area (Å²) in [5.41, 5.74) is 3.01. The van der Waals surface area contributed by atoms with Crippen LogP contribution in [-0.2, 0) is 19.1 Å². The first-order valence-electron chi connectivity index (χ1n) is 11.5. The largest absolute Gasteiger partial charge is 0.479 e. The van der Waals surface area contributed by atoms with Gasteiger partial charge in [-0.3, -0.25) is 4.79 Å². The number of carbonyl (C=O) groups excluding carboxylic acids is 2. The second kappa shape index (κ2) is 11.2. The van der Waals surface area contributed by atoms with Gasteiger partial charge in [0.15, 0.2) is 5.54 Å². The van der Waals surface area contributed by atoms with E-state index in [0.717, 1.165) is 22.3 Å². The van der Waals surface area contributed by atoms with Crippen molar-refractivity contribution >= 4 is 18.0 Å². The summed E-state index contributed by atoms with van der Waals surface area (Å²) in [4.78, 5) is 36.8. The van der Waals surface area contributed by atoms with Crippen molar-refractivity contribution in [2.75, 3.05) is 20.3 Å². The molecule has 8 heteroatoms. The molecule has 182 valence electrons. The lowest BCUT2D eigenvalue weighted by Crippen LogP contribution is -2.58. The van der Waals surface area contributed by atoms with Gasteiger partial charge in [-0.25, -0.2) is 9.59 Å². The van der Waals surface area contributed by atoms with E-state index in [-0.39, 0.29) is 32.0 Å². The maximum absolute atomic E-state index is 12.6. The molecule has 34 heavy (non-hydrogen) atoms. The molecule has 0 aliphatic heterocycles. The van der Waals surface area contributed by atoms with Crippen molar-refractivity contribution in [1.82, 2.24) is 10.6 Å². The third-order valence-electron chi connectivity index (χ3n) is 6.37. The van der Waals surface area contributed by atoms with Gasteiger partial charge in [0.25, 0.3) is 0 Å². The molecule has 2 aromatic rings. The maximum atomic E-state index is 12.6. The van der Waals surface area contributed by atoms with E-state index in [2.05, 4.69) is 22.8 Å². The fourth-order valence-electron chi connectivity index (χ4n) is 4.39. The lowest BCUT2D eigenvalue weighted by Gasteiger charge is -2.29. The van der Waals surface area contributed by atoms with E-state index < -0.39 is 29.6 Å². The zero-order valence-electron chi connectivity index (χ0n) is 19.8. The number of nitrogens with one attached hydrogen (secondary N) is 2. The number of amides is 2. The summed E-state index contributed by atoms with van der Waals surface area (Å²) in [7, 11) is 1.38. The number of benzene rings is 2. The number of ether oxygens (including phenoxy) is 2. The van der Waals surface area contributed by atoms with E-state index in [4.69, 9.17) is 9.47 Å². The number of aliphatic carboxylic acids is 1. The average molecular weight is 469 g/mol. The molecule has 1 aliphatic rings. The van der Waals surface area contributed by atoms with Gasteiger partial charge in [-0.15, -0.1) is 0 Å². The number of carbonyl (C=O) groups is 3. The number of hydrogen-bond donors (Lipinski definition) is 3. The van der Waals surface area contributed by atoms with Gasteiger partial charge in [-0.1, -0.05) is 62.4 Å². The first-order valence-corrected chi connectivity index (χ1v) is 11.5. The maximum Gasteiger partial charge on any atom is 0.407 e. The number of fused-ring (bicyclic) bond motifs is 3. The standard InChI is InChI=1S/C26H32N2O6/c1-4-17(14-23(29)28-26(5-2,16-33-3)24(30)31)27-25(32)34-15-22-20-12-8-6-10-18(20)19-11-7-9-13-21(19)22/h6-13,17,22H,4-5,14-16H2,1-3H3,(H,27,32)(H,28,29)(H,30,31)/t17-,26?/m1/s1. The second-order valence-corrected chi connectivity index (χ2v) is 8.50. The van der Waals surface area contributed by atoms with Crippen LogP contribution in [0.2, 0.25) is 0 Å². The summed E-state index contributed by atoms with van der Waals surface area (Å²) in [5.74, 6) is -1.70. The first-order chi connectivity index (χ1) is 16.3. The lowest BCUT2D eigenvalue weighted by molar-refractivity contribution is -0.150. The summed E-state index contributed by atoms with van der Waals surface area (Å²) < 4.78 is 10.6. The topological polar surface area (TPSA) is 114 Å². The van der Waals surface area contributed by atoms with Crippen LogP contribution in [-0.4, -0.2) is 55.0 Å². The van der Waals surface area contributed by atoms with Crippen LogP contribution >= 0.6 is 0 Å². The highest BCUT2D eigenvalue weighted by molar-refractivity contribution is 5.87. The van der Waals surface area contributed by atoms with Crippen LogP contribution < -0.4 is 10.6 Å². The summed E-state index contributed by atoms with van der Waals surface area (Å²) in [6, 6.07) is 15.7. The van der Waals surface area contributed by atoms with Crippen LogP contribution in [0.15, 0.2) is 48.5 Å². The lowest BCUT2D eigenvalue weighted by atomic mass is 9.96. The number of rotatable bonds is 11. The molecule has 0 fully saturated rings. The monoisotopic (exact) mass is 468 g/mol. The van der Waals surface area contributed by atoms with Crippen molar-refractivity contribution < 1.29 is 29.0 Å². The summed E-state index contributed by atoms with van der Waals surface area (Å²) in [6.07, 6.45) is -0.0372. The minimum atomic E-state index is -1.51. The molecule has 3 rings (SSSR count). The van der Waals surface area contributed by atoms with Crippen molar-refractivity contribution in [2.24, 2.45) is 0 Å². The van der Waals surface area contributed by atoms with E-state index in [1.54, 1.807) is 6.92 Å². The van der Waals surface area contributed by atoms with Gasteiger partial charge < -0.3 is 25.2 Å². The van der Waals surface area contributed by atoms with Crippen LogP contribution in [0.1, 0.15) is 50.2 Å². The summed E-state index contributed by atoms with van der Waals surface area (Å²) in [5, 5.41) is 14.9. The molecule has 8 nitrogen and oxygen atoms in total. The number of methoxy groups -OCH3 is 1. The van der Waals surface area contributed by atoms with Crippen LogP contribution in [0.3, 0.4) is 0 Å². The molecule has 3 N–H and O–H groups in total. The quantitative estimate of drug-likeness (QED) is 0.464. The molecule has 0 saturated carbocycles. The smallest absolute Gasteiger partial charge is 0.407 e. The highest BCUT2D eigenvalue weighted by Crippen LogP contribution is 2.44. The second-order valence-electron chi connectivity index (χ2n) is 8.50. The van der Waals surface area contributed by atoms with Crippen molar-refractivity contribution in [3.05, 3.63) is 59.7 Å². The fraction of sp³-hybridized carbons (Fsp3) is 0.423. The van der Waals surface area contributed by atoms with Crippen molar-refractivity contribution in [3.63, 3.8) is 0 Å². The van der Waals surface area contributed by atoms with Crippen LogP contribution in [0.5, 0.6) is 0 Å². The van der Waals surface area contributed by atoms with Gasteiger partial charge in [-0.05, 0) is 35.1 Å². The first kappa shape index (κ1) is 25.2. The number of carboxylic acid groups (broad SMARTS) is 1. The molecular weight excluding hydrogens is 436 g/mol. The van der Waals surface area contributed by atoms with Gasteiger partial charge >= 0.3 is 12.1 Å². The summed E-state index contributed by atoms with van der Waals surface area (Å²) >= 11 is 0. The molecular formula is C26H32N2O6. The molecule has 1 unspecified atom stereocenters. The van der Waals surface area contributed by atoms with Crippen molar-refractivity contribution in [2.45, 2.75) is 50.6 Å². The third kappa shape index (κ3) is 5.39. The Balaban J connectivity index is 1.59.